The van der Waals surface area contributed by atoms with Crippen molar-refractivity contribution < 1.29 is 9.90 Å². The first-order chi connectivity index (χ1) is 13.6. The van der Waals surface area contributed by atoms with E-state index < -0.39 is 5.97 Å². The minimum atomic E-state index is -0.938. The highest BCUT2D eigenvalue weighted by Crippen LogP contribution is 2.41. The third-order valence-electron chi connectivity index (χ3n) is 6.02. The summed E-state index contributed by atoms with van der Waals surface area (Å²) in [7, 11) is 2.08. The summed E-state index contributed by atoms with van der Waals surface area (Å²) in [6, 6.07) is 8.14. The minimum Gasteiger partial charge on any atom is -0.478 e. The molecule has 2 heterocycles. The van der Waals surface area contributed by atoms with Crippen LogP contribution in [-0.4, -0.2) is 20.6 Å². The summed E-state index contributed by atoms with van der Waals surface area (Å²) in [5.41, 5.74) is 4.76. The number of benzene rings is 1. The molecule has 0 aliphatic heterocycles. The predicted octanol–water partition coefficient (Wildman–Crippen LogP) is 5.24. The Morgan fingerprint density at radius 1 is 1.25 bits per heavy atom. The summed E-state index contributed by atoms with van der Waals surface area (Å²) in [5, 5.41) is 14.1. The molecule has 2 aliphatic rings. The number of aromatic nitrogens is 2. The van der Waals surface area contributed by atoms with Crippen molar-refractivity contribution in [3.63, 3.8) is 0 Å². The van der Waals surface area contributed by atoms with E-state index in [1.807, 2.05) is 6.20 Å². The van der Waals surface area contributed by atoms with Gasteiger partial charge in [0.05, 0.1) is 5.52 Å². The highest BCUT2D eigenvalue weighted by atomic mass is 16.4. The number of carbonyl (C=O) groups is 1. The average Bonchev–Trinajstić information content (AvgIpc) is 3.59. The quantitative estimate of drug-likeness (QED) is 0.593. The van der Waals surface area contributed by atoms with E-state index in [2.05, 4.69) is 46.3 Å². The van der Waals surface area contributed by atoms with Crippen molar-refractivity contribution in [1.29, 1.82) is 0 Å². The molecule has 0 radical (unpaired) electrons. The highest BCUT2D eigenvalue weighted by Gasteiger charge is 2.26. The van der Waals surface area contributed by atoms with Gasteiger partial charge in [-0.15, -0.1) is 0 Å². The Morgan fingerprint density at radius 2 is 2.07 bits per heavy atom. The lowest BCUT2D eigenvalue weighted by atomic mass is 10.0. The molecule has 5 nitrogen and oxygen atoms in total. The SMILES string of the molecule is Cn1ccc2cc(Nc3ncc(C4CC4)cc3C(=O)O)cc(CCC3CC3)c21. The predicted molar refractivity (Wildman–Crippen MR) is 110 cm³/mol. The van der Waals surface area contributed by atoms with Gasteiger partial charge in [-0.05, 0) is 72.9 Å². The number of carboxylic acid groups (broad SMARTS) is 1. The molecule has 2 saturated carbocycles. The molecule has 0 saturated heterocycles. The number of carboxylic acids is 1. The van der Waals surface area contributed by atoms with Gasteiger partial charge in [-0.3, -0.25) is 0 Å². The summed E-state index contributed by atoms with van der Waals surface area (Å²) in [6.07, 6.45) is 11.1. The van der Waals surface area contributed by atoms with Crippen molar-refractivity contribution in [2.24, 2.45) is 13.0 Å². The number of hydrogen-bond acceptors (Lipinski definition) is 3. The van der Waals surface area contributed by atoms with Gasteiger partial charge < -0.3 is 15.0 Å². The minimum absolute atomic E-state index is 0.247. The van der Waals surface area contributed by atoms with Crippen LogP contribution in [0, 0.1) is 5.92 Å². The summed E-state index contributed by atoms with van der Waals surface area (Å²) in [5.74, 6) is 0.837. The fraction of sp³-hybridized carbons (Fsp3) is 0.391. The number of aryl methyl sites for hydroxylation is 2. The van der Waals surface area contributed by atoms with Crippen molar-refractivity contribution in [3.05, 3.63) is 53.3 Å². The Bertz CT molecular complexity index is 1060. The molecular weight excluding hydrogens is 350 g/mol. The van der Waals surface area contributed by atoms with Gasteiger partial charge in [0, 0.05) is 30.5 Å². The van der Waals surface area contributed by atoms with Crippen molar-refractivity contribution in [3.8, 4) is 0 Å². The molecule has 0 spiro atoms. The molecule has 0 atom stereocenters. The van der Waals surface area contributed by atoms with Gasteiger partial charge in [0.15, 0.2) is 0 Å². The maximum atomic E-state index is 11.8. The molecule has 2 N–H and O–H groups in total. The van der Waals surface area contributed by atoms with Crippen molar-refractivity contribution in [2.75, 3.05) is 5.32 Å². The largest absolute Gasteiger partial charge is 0.478 e. The number of pyridine rings is 1. The summed E-state index contributed by atoms with van der Waals surface area (Å²) >= 11 is 0. The molecule has 0 bridgehead atoms. The Balaban J connectivity index is 1.49. The average molecular weight is 375 g/mol. The third-order valence-corrected chi connectivity index (χ3v) is 6.02. The normalized spacial score (nSPS) is 16.5. The van der Waals surface area contributed by atoms with Crippen LogP contribution >= 0.6 is 0 Å². The van der Waals surface area contributed by atoms with Crippen LogP contribution in [0.3, 0.4) is 0 Å². The van der Waals surface area contributed by atoms with Crippen molar-refractivity contribution in [1.82, 2.24) is 9.55 Å². The molecule has 5 heteroatoms. The lowest BCUT2D eigenvalue weighted by molar-refractivity contribution is 0.0697. The molecular formula is C23H25N3O2. The molecule has 0 unspecified atom stereocenters. The van der Waals surface area contributed by atoms with Crippen LogP contribution in [0.5, 0.6) is 0 Å². The van der Waals surface area contributed by atoms with E-state index in [1.165, 1.54) is 35.7 Å². The van der Waals surface area contributed by atoms with Gasteiger partial charge in [-0.2, -0.15) is 0 Å². The van der Waals surface area contributed by atoms with E-state index in [1.54, 1.807) is 6.07 Å². The van der Waals surface area contributed by atoms with E-state index in [-0.39, 0.29) is 5.56 Å². The molecule has 144 valence electrons. The summed E-state index contributed by atoms with van der Waals surface area (Å²) < 4.78 is 2.17. The second kappa shape index (κ2) is 6.66. The number of nitrogens with zero attached hydrogens (tertiary/aromatic N) is 2. The zero-order valence-electron chi connectivity index (χ0n) is 16.1. The van der Waals surface area contributed by atoms with E-state index in [4.69, 9.17) is 0 Å². The second-order valence-electron chi connectivity index (χ2n) is 8.35. The van der Waals surface area contributed by atoms with Crippen LogP contribution in [0.2, 0.25) is 0 Å². The number of aromatic carboxylic acids is 1. The highest BCUT2D eigenvalue weighted by molar-refractivity contribution is 5.95. The molecule has 1 aromatic carbocycles. The Morgan fingerprint density at radius 3 is 2.79 bits per heavy atom. The topological polar surface area (TPSA) is 67.2 Å². The first-order valence-electron chi connectivity index (χ1n) is 10.2. The van der Waals surface area contributed by atoms with E-state index >= 15 is 0 Å². The molecule has 2 fully saturated rings. The molecule has 2 aliphatic carbocycles. The van der Waals surface area contributed by atoms with Gasteiger partial charge in [-0.1, -0.05) is 12.8 Å². The van der Waals surface area contributed by atoms with Crippen LogP contribution in [0.4, 0.5) is 11.5 Å². The smallest absolute Gasteiger partial charge is 0.339 e. The van der Waals surface area contributed by atoms with Gasteiger partial charge in [0.25, 0.3) is 0 Å². The van der Waals surface area contributed by atoms with Crippen molar-refractivity contribution >= 4 is 28.4 Å². The Kier molecular flexibility index (Phi) is 4.11. The van der Waals surface area contributed by atoms with Crippen LogP contribution in [-0.2, 0) is 13.5 Å². The van der Waals surface area contributed by atoms with Gasteiger partial charge >= 0.3 is 5.97 Å². The fourth-order valence-electron chi connectivity index (χ4n) is 4.09. The lowest BCUT2D eigenvalue weighted by Crippen LogP contribution is -2.06. The lowest BCUT2D eigenvalue weighted by Gasteiger charge is -2.13. The van der Waals surface area contributed by atoms with E-state index in [0.29, 0.717) is 11.7 Å². The summed E-state index contributed by atoms with van der Waals surface area (Å²) in [6.45, 7) is 0. The van der Waals surface area contributed by atoms with Gasteiger partial charge in [0.2, 0.25) is 0 Å². The number of rotatable bonds is 7. The van der Waals surface area contributed by atoms with Gasteiger partial charge in [0.1, 0.15) is 11.4 Å². The van der Waals surface area contributed by atoms with Crippen LogP contribution in [0.1, 0.15) is 59.5 Å². The monoisotopic (exact) mass is 375 g/mol. The first-order valence-corrected chi connectivity index (χ1v) is 10.2. The van der Waals surface area contributed by atoms with Crippen LogP contribution in [0.25, 0.3) is 10.9 Å². The fourth-order valence-corrected chi connectivity index (χ4v) is 4.09. The molecule has 28 heavy (non-hydrogen) atoms. The number of fused-ring (bicyclic) bond motifs is 1. The van der Waals surface area contributed by atoms with E-state index in [0.717, 1.165) is 36.4 Å². The maximum absolute atomic E-state index is 11.8. The Labute approximate surface area is 164 Å². The third kappa shape index (κ3) is 3.37. The summed E-state index contributed by atoms with van der Waals surface area (Å²) in [4.78, 5) is 16.2. The van der Waals surface area contributed by atoms with E-state index in [9.17, 15) is 9.90 Å². The molecule has 3 aromatic rings. The van der Waals surface area contributed by atoms with Crippen LogP contribution in [0.15, 0.2) is 36.7 Å². The molecule has 2 aromatic heterocycles. The maximum Gasteiger partial charge on any atom is 0.339 e. The van der Waals surface area contributed by atoms with Gasteiger partial charge in [-0.25, -0.2) is 9.78 Å². The zero-order chi connectivity index (χ0) is 19.3. The molecule has 0 amide bonds. The molecule has 5 rings (SSSR count). The standard InChI is InChI=1S/C23H25N3O2/c1-26-9-8-17-11-19(10-16(21(17)26)5-4-14-2-3-14)25-22-20(23(27)28)12-18(13-24-22)15-6-7-15/h8-15H,2-7H2,1H3,(H,24,25)(H,27,28). The number of anilines is 2. The zero-order valence-corrected chi connectivity index (χ0v) is 16.1. The second-order valence-corrected chi connectivity index (χ2v) is 8.35. The number of hydrogen-bond donors (Lipinski definition) is 2. The van der Waals surface area contributed by atoms with Crippen molar-refractivity contribution in [2.45, 2.75) is 44.4 Å². The Hall–Kier alpha value is -2.82. The number of nitrogens with one attached hydrogen (secondary N) is 1. The van der Waals surface area contributed by atoms with Crippen LogP contribution < -0.4 is 5.32 Å². The first kappa shape index (κ1) is 17.3.